The Labute approximate surface area is 196 Å². The van der Waals surface area contributed by atoms with E-state index in [-0.39, 0.29) is 40.6 Å². The van der Waals surface area contributed by atoms with Crippen molar-refractivity contribution in [2.75, 3.05) is 7.11 Å². The second-order valence-corrected chi connectivity index (χ2v) is 9.68. The quantitative estimate of drug-likeness (QED) is 0.337. The molecule has 2 saturated carbocycles. The molecule has 3 aliphatic carbocycles. The SMILES string of the molecule is COc1cc2c(cc1O)C(NOc1cccc([N+](=O)[O-])c1)=C[C@@H]1[C@@H]2CC[C@]2(C)C(N=O)CC[C@@H]12. The number of phenolic OH excluding ortho intramolecular Hbond substituents is 1. The number of benzene rings is 2. The molecule has 5 rings (SSSR count). The maximum Gasteiger partial charge on any atom is 0.273 e. The van der Waals surface area contributed by atoms with Crippen LogP contribution in [-0.4, -0.2) is 23.2 Å². The first kappa shape index (κ1) is 22.2. The number of nitro benzene ring substituents is 1. The molecule has 9 heteroatoms. The fourth-order valence-corrected chi connectivity index (χ4v) is 6.37. The van der Waals surface area contributed by atoms with Crippen LogP contribution in [0.25, 0.3) is 5.70 Å². The van der Waals surface area contributed by atoms with E-state index in [4.69, 9.17) is 9.57 Å². The van der Waals surface area contributed by atoms with Crippen LogP contribution in [0, 0.1) is 32.3 Å². The van der Waals surface area contributed by atoms with Crippen LogP contribution >= 0.6 is 0 Å². The smallest absolute Gasteiger partial charge is 0.273 e. The van der Waals surface area contributed by atoms with Crippen LogP contribution in [0.4, 0.5) is 5.69 Å². The number of nitrogens with zero attached hydrogens (tertiary/aromatic N) is 2. The molecule has 5 atom stereocenters. The Bertz CT molecular complexity index is 1180. The van der Waals surface area contributed by atoms with E-state index in [9.17, 15) is 20.1 Å². The molecule has 2 aromatic carbocycles. The number of rotatable bonds is 6. The molecule has 0 saturated heterocycles. The topological polar surface area (TPSA) is 123 Å². The standard InChI is InChI=1S/C25H27N3O6/c1-25-9-8-16-17-13-23(33-2)22(29)12-19(17)21(11-18(16)20(25)6-7-24(25)26-30)27-34-15-5-3-4-14(10-15)28(31)32/h3-5,10-13,16,18,20,24,27,29H,6-9H2,1-2H3/t16-,18-,20+,24?,25+/m1/s1. The van der Waals surface area contributed by atoms with Gasteiger partial charge in [-0.3, -0.25) is 10.1 Å². The van der Waals surface area contributed by atoms with Crippen molar-refractivity contribution in [1.82, 2.24) is 5.48 Å². The number of fused-ring (bicyclic) bond motifs is 5. The molecule has 2 fully saturated rings. The molecule has 34 heavy (non-hydrogen) atoms. The second-order valence-electron chi connectivity index (χ2n) is 9.68. The van der Waals surface area contributed by atoms with Gasteiger partial charge in [-0.1, -0.05) is 24.2 Å². The van der Waals surface area contributed by atoms with Crippen LogP contribution in [0.2, 0.25) is 0 Å². The maximum atomic E-state index is 11.6. The zero-order valence-electron chi connectivity index (χ0n) is 19.1. The van der Waals surface area contributed by atoms with Gasteiger partial charge in [0.25, 0.3) is 5.69 Å². The highest BCUT2D eigenvalue weighted by Gasteiger charge is 2.55. The molecular formula is C25H27N3O6. The number of hydrogen-bond donors (Lipinski definition) is 2. The Balaban J connectivity index is 1.53. The summed E-state index contributed by atoms with van der Waals surface area (Å²) in [6.45, 7) is 2.18. The van der Waals surface area contributed by atoms with Gasteiger partial charge in [0.15, 0.2) is 17.2 Å². The van der Waals surface area contributed by atoms with Gasteiger partial charge in [0.1, 0.15) is 0 Å². The lowest BCUT2D eigenvalue weighted by molar-refractivity contribution is -0.385. The summed E-state index contributed by atoms with van der Waals surface area (Å²) < 4.78 is 5.39. The molecule has 0 radical (unpaired) electrons. The van der Waals surface area contributed by atoms with Gasteiger partial charge in [-0.25, -0.2) is 5.48 Å². The number of ether oxygens (including phenoxy) is 1. The molecule has 0 heterocycles. The molecule has 1 unspecified atom stereocenters. The van der Waals surface area contributed by atoms with Crippen LogP contribution in [0.1, 0.15) is 49.7 Å². The first-order chi connectivity index (χ1) is 16.4. The number of nitroso groups, excluding NO2 is 1. The lowest BCUT2D eigenvalue weighted by Crippen LogP contribution is -2.43. The summed E-state index contributed by atoms with van der Waals surface area (Å²) in [7, 11) is 1.53. The first-order valence-electron chi connectivity index (χ1n) is 11.5. The summed E-state index contributed by atoms with van der Waals surface area (Å²) in [4.78, 5) is 27.9. The van der Waals surface area contributed by atoms with Crippen LogP contribution in [0.5, 0.6) is 17.2 Å². The number of non-ortho nitro benzene ring substituents is 1. The highest BCUT2D eigenvalue weighted by Crippen LogP contribution is 2.61. The van der Waals surface area contributed by atoms with Gasteiger partial charge >= 0.3 is 0 Å². The molecule has 0 amide bonds. The predicted octanol–water partition coefficient (Wildman–Crippen LogP) is 5.29. The van der Waals surface area contributed by atoms with Crippen molar-refractivity contribution in [2.24, 2.45) is 22.4 Å². The normalized spacial score (nSPS) is 29.2. The minimum atomic E-state index is -0.475. The van der Waals surface area contributed by atoms with E-state index in [1.54, 1.807) is 18.2 Å². The van der Waals surface area contributed by atoms with Gasteiger partial charge in [0.05, 0.1) is 29.8 Å². The molecule has 9 nitrogen and oxygen atoms in total. The number of hydroxylamine groups is 1. The van der Waals surface area contributed by atoms with Gasteiger partial charge in [-0.2, -0.15) is 4.91 Å². The molecule has 2 aromatic rings. The first-order valence-corrected chi connectivity index (χ1v) is 11.5. The number of phenols is 1. The fourth-order valence-electron chi connectivity index (χ4n) is 6.37. The minimum absolute atomic E-state index is 0.0227. The summed E-state index contributed by atoms with van der Waals surface area (Å²) in [5, 5.41) is 25.1. The van der Waals surface area contributed by atoms with Crippen molar-refractivity contribution in [3.8, 4) is 17.2 Å². The lowest BCUT2D eigenvalue weighted by Gasteiger charge is -2.48. The van der Waals surface area contributed by atoms with Crippen molar-refractivity contribution < 1.29 is 19.6 Å². The minimum Gasteiger partial charge on any atom is -0.504 e. The lowest BCUT2D eigenvalue weighted by atomic mass is 9.56. The monoisotopic (exact) mass is 465 g/mol. The van der Waals surface area contributed by atoms with Gasteiger partial charge in [0.2, 0.25) is 0 Å². The van der Waals surface area contributed by atoms with E-state index in [0.717, 1.165) is 36.8 Å². The Morgan fingerprint density at radius 3 is 2.79 bits per heavy atom. The van der Waals surface area contributed by atoms with Crippen molar-refractivity contribution in [3.63, 3.8) is 0 Å². The van der Waals surface area contributed by atoms with Crippen LogP contribution in [0.15, 0.2) is 47.7 Å². The molecule has 178 valence electrons. The maximum absolute atomic E-state index is 11.6. The number of allylic oxidation sites excluding steroid dienone is 1. The zero-order valence-corrected chi connectivity index (χ0v) is 19.1. The third kappa shape index (κ3) is 3.46. The Morgan fingerprint density at radius 2 is 2.06 bits per heavy atom. The summed E-state index contributed by atoms with van der Waals surface area (Å²) in [6, 6.07) is 9.31. The van der Waals surface area contributed by atoms with E-state index in [1.807, 2.05) is 6.07 Å². The average molecular weight is 466 g/mol. The Hall–Kier alpha value is -3.62. The van der Waals surface area contributed by atoms with E-state index in [0.29, 0.717) is 17.2 Å². The van der Waals surface area contributed by atoms with Crippen molar-refractivity contribution >= 4 is 11.4 Å². The number of aromatic hydroxyl groups is 1. The van der Waals surface area contributed by atoms with Crippen molar-refractivity contribution in [3.05, 3.63) is 68.6 Å². The van der Waals surface area contributed by atoms with E-state index >= 15 is 0 Å². The number of hydrogen-bond acceptors (Lipinski definition) is 8. The largest absolute Gasteiger partial charge is 0.504 e. The van der Waals surface area contributed by atoms with Crippen LogP contribution in [-0.2, 0) is 0 Å². The summed E-state index contributed by atoms with van der Waals surface area (Å²) in [6.07, 6.45) is 5.67. The van der Waals surface area contributed by atoms with Gasteiger partial charge in [-0.05, 0) is 72.6 Å². The van der Waals surface area contributed by atoms with E-state index < -0.39 is 4.92 Å². The van der Waals surface area contributed by atoms with E-state index in [2.05, 4.69) is 23.7 Å². The highest BCUT2D eigenvalue weighted by atomic mass is 16.6. The summed E-state index contributed by atoms with van der Waals surface area (Å²) in [5.74, 6) is 1.40. The average Bonchev–Trinajstić information content (AvgIpc) is 3.18. The number of nitro groups is 1. The van der Waals surface area contributed by atoms with Gasteiger partial charge in [0, 0.05) is 11.6 Å². The summed E-state index contributed by atoms with van der Waals surface area (Å²) >= 11 is 0. The Kier molecular flexibility index (Phi) is 5.42. The molecule has 3 aliphatic rings. The number of methoxy groups -OCH3 is 1. The van der Waals surface area contributed by atoms with Crippen molar-refractivity contribution in [2.45, 2.75) is 44.6 Å². The zero-order chi connectivity index (χ0) is 24.0. The molecule has 0 aromatic heterocycles. The molecule has 0 spiro atoms. The van der Waals surface area contributed by atoms with Crippen molar-refractivity contribution in [1.29, 1.82) is 0 Å². The second kappa shape index (κ2) is 8.30. The van der Waals surface area contributed by atoms with Gasteiger partial charge < -0.3 is 14.7 Å². The van der Waals surface area contributed by atoms with E-state index in [1.165, 1.54) is 19.2 Å². The van der Waals surface area contributed by atoms with Crippen LogP contribution in [0.3, 0.4) is 0 Å². The third-order valence-electron chi connectivity index (χ3n) is 8.12. The van der Waals surface area contributed by atoms with Crippen LogP contribution < -0.4 is 15.1 Å². The number of nitrogens with one attached hydrogen (secondary N) is 1. The highest BCUT2D eigenvalue weighted by molar-refractivity contribution is 5.73. The Morgan fingerprint density at radius 1 is 1.24 bits per heavy atom. The van der Waals surface area contributed by atoms with Gasteiger partial charge in [-0.15, -0.1) is 0 Å². The molecule has 2 N–H and O–H groups in total. The molecular weight excluding hydrogens is 438 g/mol. The third-order valence-corrected chi connectivity index (χ3v) is 8.12. The summed E-state index contributed by atoms with van der Waals surface area (Å²) in [5.41, 5.74) is 5.29. The molecule has 0 aliphatic heterocycles. The predicted molar refractivity (Wildman–Crippen MR) is 125 cm³/mol. The molecule has 0 bridgehead atoms. The fraction of sp³-hybridized carbons (Fsp3) is 0.440.